The summed E-state index contributed by atoms with van der Waals surface area (Å²) >= 11 is 0. The summed E-state index contributed by atoms with van der Waals surface area (Å²) < 4.78 is 61.2. The number of rotatable bonds is 79. The molecule has 0 bridgehead atoms. The topological polar surface area (TPSA) is 231 Å². The number of phosphoric acid groups is 2. The summed E-state index contributed by atoms with van der Waals surface area (Å²) in [5.74, 6) is -1.58. The zero-order valence-corrected chi connectivity index (χ0v) is 69.1. The normalized spacial score (nSPS) is 14.6. The fraction of sp³-hybridized carbons (Fsp3) is 0.697. The molecule has 0 heterocycles. The zero-order chi connectivity index (χ0) is 78.0. The summed E-state index contributed by atoms with van der Waals surface area (Å²) in [4.78, 5) is 58.7. The molecule has 614 valence electrons. The average molecular weight is 1540 g/mol. The van der Waals surface area contributed by atoms with Gasteiger partial charge < -0.3 is 34.2 Å². The van der Waals surface area contributed by atoms with Crippen molar-refractivity contribution in [2.24, 2.45) is 0 Å². The summed E-state index contributed by atoms with van der Waals surface area (Å²) in [5.41, 5.74) is 0. The van der Waals surface area contributed by atoms with E-state index in [9.17, 15) is 43.5 Å². The molecule has 16 nitrogen and oxygen atoms in total. The molecule has 0 aliphatic rings. The summed E-state index contributed by atoms with van der Waals surface area (Å²) in [6.07, 6.45) is 100. The average Bonchev–Trinajstić information content (AvgIpc) is 1.06. The van der Waals surface area contributed by atoms with Gasteiger partial charge in [-0.2, -0.15) is 0 Å². The minimum Gasteiger partial charge on any atom is -0.463 e. The molecule has 0 aliphatic carbocycles. The van der Waals surface area contributed by atoms with Gasteiger partial charge in [0.25, 0.3) is 0 Å². The molecule has 0 aromatic carbocycles. The van der Waals surface area contributed by atoms with E-state index in [0.717, 1.165) is 167 Å². The Balaban J connectivity index is 4.48. The Morgan fingerprint density at radius 1 is 0.271 bits per heavy atom. The highest BCUT2D eigenvalue weighted by molar-refractivity contribution is 7.47. The molecule has 4 N–H and O–H groups in total. The van der Waals surface area contributed by atoms with Gasteiger partial charge in [0, 0.05) is 19.3 Å². The molecule has 5 atom stereocenters. The Labute approximate surface area is 651 Å². The highest BCUT2D eigenvalue weighted by Gasteiger charge is 2.29. The molecule has 0 amide bonds. The number of allylic oxidation sites excluding steroid dienone is 24. The molecule has 18 heteroatoms. The van der Waals surface area contributed by atoms with Gasteiger partial charge in [0.2, 0.25) is 0 Å². The Morgan fingerprint density at radius 2 is 0.495 bits per heavy atom. The zero-order valence-electron chi connectivity index (χ0n) is 67.3. The highest BCUT2D eigenvalue weighted by atomic mass is 31.2. The Hall–Kier alpha value is -4.57. The number of ether oxygens (including phenoxy) is 3. The van der Waals surface area contributed by atoms with Crippen molar-refractivity contribution in [1.82, 2.24) is 0 Å². The van der Waals surface area contributed by atoms with Gasteiger partial charge in [0.1, 0.15) is 25.4 Å². The monoisotopic (exact) mass is 1540 g/mol. The lowest BCUT2D eigenvalue weighted by Crippen LogP contribution is -2.30. The molecular weight excluding hydrogens is 1390 g/mol. The first-order valence-electron chi connectivity index (χ1n) is 42.1. The molecule has 0 fully saturated rings. The summed E-state index contributed by atoms with van der Waals surface area (Å²) in [6.45, 7) is 2.47. The van der Waals surface area contributed by atoms with Crippen LogP contribution in [0.3, 0.4) is 0 Å². The third kappa shape index (κ3) is 82.2. The molecule has 0 aliphatic heterocycles. The third-order valence-electron chi connectivity index (χ3n) is 17.6. The van der Waals surface area contributed by atoms with Gasteiger partial charge in [-0.15, -0.1) is 0 Å². The molecule has 0 rings (SSSR count). The van der Waals surface area contributed by atoms with E-state index in [1.807, 2.05) is 0 Å². The van der Waals surface area contributed by atoms with Gasteiger partial charge in [0.15, 0.2) is 6.10 Å². The minimum atomic E-state index is -4.93. The number of phosphoric ester groups is 2. The molecule has 0 aromatic rings. The second kappa shape index (κ2) is 80.9. The van der Waals surface area contributed by atoms with Crippen LogP contribution < -0.4 is 0 Å². The SMILES string of the molecule is CC/C=C\C/C=C\C/C=C\C/C=C\C/C=C\C/C=C\CCCCCCCCCCCCCCC(=O)OCC(O)COP(=O)(O)OCC(O)COP(=O)(O)OCC(COC(=O)CCCCCCCCCC/C=C\C/C=C\C/C=C\C/C=C\C/C=C\C/C=C\CC)OC(=O)CCCCCCCCCCCCCCC. The van der Waals surface area contributed by atoms with Crippen molar-refractivity contribution >= 4 is 33.6 Å². The fourth-order valence-corrected chi connectivity index (χ4v) is 12.8. The van der Waals surface area contributed by atoms with Gasteiger partial charge in [-0.25, -0.2) is 9.13 Å². The quantitative estimate of drug-likeness (QED) is 0.0146. The van der Waals surface area contributed by atoms with Crippen molar-refractivity contribution < 1.29 is 75.8 Å². The largest absolute Gasteiger partial charge is 0.472 e. The lowest BCUT2D eigenvalue weighted by Gasteiger charge is -2.21. The van der Waals surface area contributed by atoms with Crippen LogP contribution in [0.15, 0.2) is 146 Å². The van der Waals surface area contributed by atoms with Crippen LogP contribution in [0.2, 0.25) is 0 Å². The molecule has 5 unspecified atom stereocenters. The van der Waals surface area contributed by atoms with E-state index < -0.39 is 91.5 Å². The van der Waals surface area contributed by atoms with Gasteiger partial charge in [-0.3, -0.25) is 32.5 Å². The number of unbranched alkanes of at least 4 members (excludes halogenated alkanes) is 32. The van der Waals surface area contributed by atoms with Gasteiger partial charge in [-0.1, -0.05) is 346 Å². The Kier molecular flexibility index (Phi) is 77.5. The number of aliphatic hydroxyl groups is 2. The molecular formula is C89H152O16P2. The van der Waals surface area contributed by atoms with Gasteiger partial charge in [-0.05, 0) is 122 Å². The van der Waals surface area contributed by atoms with Crippen LogP contribution in [0.4, 0.5) is 0 Å². The van der Waals surface area contributed by atoms with Gasteiger partial charge in [0.05, 0.1) is 26.4 Å². The number of hydrogen-bond donors (Lipinski definition) is 4. The molecule has 0 spiro atoms. The molecule has 0 aromatic heterocycles. The van der Waals surface area contributed by atoms with Crippen LogP contribution in [0, 0.1) is 0 Å². The lowest BCUT2D eigenvalue weighted by molar-refractivity contribution is -0.161. The van der Waals surface area contributed by atoms with Crippen molar-refractivity contribution in [3.63, 3.8) is 0 Å². The van der Waals surface area contributed by atoms with E-state index in [1.54, 1.807) is 0 Å². The van der Waals surface area contributed by atoms with E-state index in [-0.39, 0.29) is 19.3 Å². The maximum atomic E-state index is 13.0. The number of esters is 3. The first-order chi connectivity index (χ1) is 52.2. The Bertz CT molecular complexity index is 2530. The molecule has 0 radical (unpaired) electrons. The molecule has 107 heavy (non-hydrogen) atoms. The van der Waals surface area contributed by atoms with Crippen LogP contribution in [-0.2, 0) is 55.8 Å². The fourth-order valence-electron chi connectivity index (χ4n) is 11.2. The second-order valence-electron chi connectivity index (χ2n) is 27.9. The molecule has 0 saturated carbocycles. The van der Waals surface area contributed by atoms with E-state index in [4.69, 9.17) is 32.3 Å². The lowest BCUT2D eigenvalue weighted by atomic mass is 10.0. The summed E-state index contributed by atoms with van der Waals surface area (Å²) in [7, 11) is -9.79. The van der Waals surface area contributed by atoms with E-state index in [0.29, 0.717) is 19.3 Å². The van der Waals surface area contributed by atoms with Crippen LogP contribution in [-0.4, -0.2) is 95.9 Å². The smallest absolute Gasteiger partial charge is 0.463 e. The maximum Gasteiger partial charge on any atom is 0.472 e. The maximum absolute atomic E-state index is 13.0. The number of carbonyl (C=O) groups excluding carboxylic acids is 3. The van der Waals surface area contributed by atoms with E-state index >= 15 is 0 Å². The standard InChI is InChI=1S/C89H152O16P2/c1-4-7-10-13-16-19-22-25-27-29-31-33-35-37-39-40-41-42-44-46-47-49-51-53-55-58-60-63-66-69-72-75-87(92)99-78-84(90)79-101-106(95,96)102-80-85(91)81-103-107(97,98)104-83-86(105-89(94)77-74-71-68-65-62-57-24-21-18-15-12-9-6-3)82-100-88(93)76-73-70-67-64-61-59-56-54-52-50-48-45-43-38-36-34-32-30-28-26-23-20-17-14-11-8-5-2/h7-8,10-11,16-17,19-20,25-28,31-34,37-39,41-43,48,50,84-86,90-91H,4-6,9,12-15,18,21-24,29-30,35-36,40,44-47,49,51-83H2,1-3H3,(H,95,96)(H,97,98)/b10-7-,11-8-,19-16-,20-17-,27-25-,28-26-,33-31-,34-32-,39-37-,42-41-,43-38-,50-48-. The van der Waals surface area contributed by atoms with Crippen LogP contribution in [0.1, 0.15) is 342 Å². The van der Waals surface area contributed by atoms with Crippen LogP contribution in [0.5, 0.6) is 0 Å². The summed E-state index contributed by atoms with van der Waals surface area (Å²) in [6, 6.07) is 0. The molecule has 0 saturated heterocycles. The van der Waals surface area contributed by atoms with Crippen LogP contribution >= 0.6 is 15.6 Å². The first-order valence-corrected chi connectivity index (χ1v) is 45.1. The van der Waals surface area contributed by atoms with Crippen molar-refractivity contribution in [2.45, 2.75) is 360 Å². The van der Waals surface area contributed by atoms with Crippen molar-refractivity contribution in [2.75, 3.05) is 39.6 Å². The predicted molar refractivity (Wildman–Crippen MR) is 445 cm³/mol. The third-order valence-corrected chi connectivity index (χ3v) is 19.5. The number of hydrogen-bond acceptors (Lipinski definition) is 14. The Morgan fingerprint density at radius 3 is 0.785 bits per heavy atom. The van der Waals surface area contributed by atoms with E-state index in [2.05, 4.69) is 167 Å². The van der Waals surface area contributed by atoms with Gasteiger partial charge >= 0.3 is 33.6 Å². The van der Waals surface area contributed by atoms with E-state index in [1.165, 1.54) is 116 Å². The second-order valence-corrected chi connectivity index (χ2v) is 30.8. The van der Waals surface area contributed by atoms with Crippen molar-refractivity contribution in [3.05, 3.63) is 146 Å². The number of aliphatic hydroxyl groups excluding tert-OH is 2. The number of carbonyl (C=O) groups is 3. The minimum absolute atomic E-state index is 0.103. The van der Waals surface area contributed by atoms with Crippen LogP contribution in [0.25, 0.3) is 0 Å². The highest BCUT2D eigenvalue weighted by Crippen LogP contribution is 2.45. The first kappa shape index (κ1) is 102. The van der Waals surface area contributed by atoms with Crippen molar-refractivity contribution in [1.29, 1.82) is 0 Å². The van der Waals surface area contributed by atoms with Crippen molar-refractivity contribution in [3.8, 4) is 0 Å². The summed E-state index contributed by atoms with van der Waals surface area (Å²) in [5, 5.41) is 20.7. The predicted octanol–water partition coefficient (Wildman–Crippen LogP) is 25.2.